The van der Waals surface area contributed by atoms with Crippen molar-refractivity contribution >= 4 is 12.0 Å². The van der Waals surface area contributed by atoms with Crippen molar-refractivity contribution in [3.8, 4) is 5.75 Å². The Hall–Kier alpha value is -3.06. The fraction of sp³-hybridized carbons (Fsp3) is 0.481. The van der Waals surface area contributed by atoms with E-state index in [0.29, 0.717) is 26.3 Å². The number of nitrogens with one attached hydrogen (secondary N) is 1. The molecule has 0 aromatic heterocycles. The number of hydrogen-bond acceptors (Lipinski definition) is 5. The summed E-state index contributed by atoms with van der Waals surface area (Å²) in [4.78, 5) is 27.2. The second kappa shape index (κ2) is 10.9. The molecule has 1 heterocycles. The maximum atomic E-state index is 13.2. The lowest BCUT2D eigenvalue weighted by atomic mass is 9.92. The van der Waals surface area contributed by atoms with Crippen molar-refractivity contribution in [1.82, 2.24) is 10.2 Å². The number of fused-ring (bicyclic) bond motifs is 1. The summed E-state index contributed by atoms with van der Waals surface area (Å²) in [5.74, 6) is 0.669. The summed E-state index contributed by atoms with van der Waals surface area (Å²) in [5, 5.41) is 2.70. The highest BCUT2D eigenvalue weighted by Crippen LogP contribution is 2.25. The minimum absolute atomic E-state index is 0.149. The van der Waals surface area contributed by atoms with Crippen molar-refractivity contribution in [2.75, 3.05) is 26.3 Å². The summed E-state index contributed by atoms with van der Waals surface area (Å²) in [6.45, 7) is 5.21. The van der Waals surface area contributed by atoms with E-state index in [1.54, 1.807) is 18.7 Å². The highest BCUT2D eigenvalue weighted by molar-refractivity contribution is 5.89. The van der Waals surface area contributed by atoms with Crippen LogP contribution in [0, 0.1) is 0 Å². The van der Waals surface area contributed by atoms with Crippen molar-refractivity contribution in [3.05, 3.63) is 65.2 Å². The predicted octanol–water partition coefficient (Wildman–Crippen LogP) is 3.88. The highest BCUT2D eigenvalue weighted by Gasteiger charge is 2.36. The van der Waals surface area contributed by atoms with E-state index in [2.05, 4.69) is 17.4 Å². The summed E-state index contributed by atoms with van der Waals surface area (Å²) in [6, 6.07) is 15.7. The largest absolute Gasteiger partial charge is 0.491 e. The Morgan fingerprint density at radius 3 is 2.65 bits per heavy atom. The Balaban J connectivity index is 1.26. The third-order valence-electron chi connectivity index (χ3n) is 6.34. The lowest BCUT2D eigenvalue weighted by Crippen LogP contribution is -2.59. The normalized spacial score (nSPS) is 18.1. The maximum Gasteiger partial charge on any atom is 0.408 e. The topological polar surface area (TPSA) is 77.1 Å². The zero-order valence-corrected chi connectivity index (χ0v) is 20.0. The molecule has 0 spiro atoms. The molecule has 1 aliphatic carbocycles. The Morgan fingerprint density at radius 1 is 1.09 bits per heavy atom. The average molecular weight is 467 g/mol. The van der Waals surface area contributed by atoms with Gasteiger partial charge in [0.2, 0.25) is 5.91 Å². The molecule has 1 fully saturated rings. The number of morpholine rings is 1. The third kappa shape index (κ3) is 6.29. The second-order valence-electron chi connectivity index (χ2n) is 9.50. The van der Waals surface area contributed by atoms with Gasteiger partial charge in [-0.1, -0.05) is 36.4 Å². The molecule has 7 nitrogen and oxygen atoms in total. The molecule has 4 rings (SSSR count). The van der Waals surface area contributed by atoms with Gasteiger partial charge >= 0.3 is 6.09 Å². The van der Waals surface area contributed by atoms with Crippen LogP contribution in [-0.4, -0.2) is 54.8 Å². The summed E-state index contributed by atoms with van der Waals surface area (Å²) in [7, 11) is 0. The van der Waals surface area contributed by atoms with Crippen LogP contribution in [-0.2, 0) is 33.7 Å². The Bertz CT molecular complexity index is 992. The van der Waals surface area contributed by atoms with Crippen LogP contribution in [0.2, 0.25) is 0 Å². The number of ether oxygens (including phenoxy) is 3. The van der Waals surface area contributed by atoms with Gasteiger partial charge in [-0.05, 0) is 68.4 Å². The smallest absolute Gasteiger partial charge is 0.408 e. The maximum absolute atomic E-state index is 13.2. The van der Waals surface area contributed by atoms with Crippen LogP contribution in [0.3, 0.4) is 0 Å². The van der Waals surface area contributed by atoms with Gasteiger partial charge in [0.15, 0.2) is 0 Å². The molecule has 1 aliphatic heterocycles. The van der Waals surface area contributed by atoms with Gasteiger partial charge in [0.25, 0.3) is 0 Å². The molecule has 2 aromatic carbocycles. The molecule has 0 radical (unpaired) electrons. The molecule has 2 aliphatic rings. The lowest BCUT2D eigenvalue weighted by Gasteiger charge is -2.37. The fourth-order valence-corrected chi connectivity index (χ4v) is 4.46. The first-order chi connectivity index (χ1) is 16.4. The van der Waals surface area contributed by atoms with E-state index in [4.69, 9.17) is 14.2 Å². The van der Waals surface area contributed by atoms with Crippen LogP contribution < -0.4 is 10.1 Å². The summed E-state index contributed by atoms with van der Waals surface area (Å²) >= 11 is 0. The Kier molecular flexibility index (Phi) is 7.73. The Labute approximate surface area is 201 Å². The average Bonchev–Trinajstić information content (AvgIpc) is 2.86. The molecule has 182 valence electrons. The number of carbonyl (C=O) groups is 2. The molecule has 2 aromatic rings. The number of rotatable bonds is 7. The van der Waals surface area contributed by atoms with E-state index in [9.17, 15) is 9.59 Å². The standard InChI is InChI=1S/C27H34N2O5/c1-27(2,28-26(31)34-18-20-8-4-3-5-9-20)25(30)29-14-15-32-24(17-29)19-33-23-13-12-21-10-6-7-11-22(21)16-23/h3-5,8-9,12-13,16,24H,6-7,10-11,14-15,17-19H2,1-2H3,(H,28,31)/t24-/m0/s1. The van der Waals surface area contributed by atoms with Gasteiger partial charge in [0.1, 0.15) is 30.6 Å². The first-order valence-electron chi connectivity index (χ1n) is 12.1. The van der Waals surface area contributed by atoms with E-state index in [1.807, 2.05) is 36.4 Å². The van der Waals surface area contributed by atoms with Gasteiger partial charge in [-0.3, -0.25) is 4.79 Å². The van der Waals surface area contributed by atoms with Gasteiger partial charge in [0, 0.05) is 6.54 Å². The SMILES string of the molecule is CC(C)(NC(=O)OCc1ccccc1)C(=O)N1CCO[C@H](COc2ccc3c(c2)CCCC3)C1. The number of aryl methyl sites for hydroxylation is 2. The first kappa shape index (κ1) is 24.1. The van der Waals surface area contributed by atoms with E-state index in [0.717, 1.165) is 24.2 Å². The number of alkyl carbamates (subject to hydrolysis) is 1. The van der Waals surface area contributed by atoms with Gasteiger partial charge in [-0.25, -0.2) is 4.79 Å². The molecule has 0 saturated carbocycles. The molecule has 34 heavy (non-hydrogen) atoms. The summed E-state index contributed by atoms with van der Waals surface area (Å²) < 4.78 is 17.1. The molecule has 1 saturated heterocycles. The van der Waals surface area contributed by atoms with E-state index >= 15 is 0 Å². The molecule has 2 amide bonds. The first-order valence-corrected chi connectivity index (χ1v) is 12.1. The minimum Gasteiger partial charge on any atom is -0.491 e. The van der Waals surface area contributed by atoms with Gasteiger partial charge in [0.05, 0.1) is 13.2 Å². The van der Waals surface area contributed by atoms with Crippen molar-refractivity contribution in [2.45, 2.75) is 57.8 Å². The third-order valence-corrected chi connectivity index (χ3v) is 6.34. The summed E-state index contributed by atoms with van der Waals surface area (Å²) in [6.07, 6.45) is 3.87. The van der Waals surface area contributed by atoms with Crippen molar-refractivity contribution < 1.29 is 23.8 Å². The van der Waals surface area contributed by atoms with Crippen LogP contribution in [0.25, 0.3) is 0 Å². The fourth-order valence-electron chi connectivity index (χ4n) is 4.46. The van der Waals surface area contributed by atoms with Crippen LogP contribution >= 0.6 is 0 Å². The number of carbonyl (C=O) groups excluding carboxylic acids is 2. The quantitative estimate of drug-likeness (QED) is 0.670. The van der Waals surface area contributed by atoms with E-state index in [-0.39, 0.29) is 18.6 Å². The van der Waals surface area contributed by atoms with Crippen LogP contribution in [0.15, 0.2) is 48.5 Å². The number of benzene rings is 2. The predicted molar refractivity (Wildman–Crippen MR) is 129 cm³/mol. The summed E-state index contributed by atoms with van der Waals surface area (Å²) in [5.41, 5.74) is 2.57. The molecular formula is C27H34N2O5. The van der Waals surface area contributed by atoms with Gasteiger partial charge in [-0.2, -0.15) is 0 Å². The molecule has 1 atom stereocenters. The zero-order valence-electron chi connectivity index (χ0n) is 20.0. The zero-order chi connectivity index (χ0) is 24.0. The number of nitrogens with zero attached hydrogens (tertiary/aromatic N) is 1. The Morgan fingerprint density at radius 2 is 1.85 bits per heavy atom. The molecule has 7 heteroatoms. The highest BCUT2D eigenvalue weighted by atomic mass is 16.5. The van der Waals surface area contributed by atoms with E-state index in [1.165, 1.54) is 24.0 Å². The number of hydrogen-bond donors (Lipinski definition) is 1. The lowest BCUT2D eigenvalue weighted by molar-refractivity contribution is -0.145. The van der Waals surface area contributed by atoms with Crippen molar-refractivity contribution in [3.63, 3.8) is 0 Å². The van der Waals surface area contributed by atoms with Crippen LogP contribution in [0.4, 0.5) is 4.79 Å². The van der Waals surface area contributed by atoms with Crippen molar-refractivity contribution in [1.29, 1.82) is 0 Å². The number of amides is 2. The van der Waals surface area contributed by atoms with Crippen LogP contribution in [0.5, 0.6) is 5.75 Å². The molecule has 0 unspecified atom stereocenters. The molecular weight excluding hydrogens is 432 g/mol. The molecule has 1 N–H and O–H groups in total. The van der Waals surface area contributed by atoms with E-state index < -0.39 is 11.6 Å². The van der Waals surface area contributed by atoms with Crippen molar-refractivity contribution in [2.24, 2.45) is 0 Å². The molecule has 0 bridgehead atoms. The van der Waals surface area contributed by atoms with Crippen LogP contribution in [0.1, 0.15) is 43.4 Å². The van der Waals surface area contributed by atoms with Gasteiger partial charge < -0.3 is 24.4 Å². The second-order valence-corrected chi connectivity index (χ2v) is 9.50. The minimum atomic E-state index is -1.10. The van der Waals surface area contributed by atoms with Gasteiger partial charge in [-0.15, -0.1) is 0 Å². The monoisotopic (exact) mass is 466 g/mol.